The zero-order chi connectivity index (χ0) is 23.1. The van der Waals surface area contributed by atoms with E-state index in [4.69, 9.17) is 5.26 Å². The van der Waals surface area contributed by atoms with Crippen molar-refractivity contribution in [1.82, 2.24) is 0 Å². The van der Waals surface area contributed by atoms with Crippen LogP contribution >= 0.6 is 0 Å². The van der Waals surface area contributed by atoms with Gasteiger partial charge in [0.1, 0.15) is 6.61 Å². The number of aliphatic hydroxyl groups excluding tert-OH is 1. The molecular formula is C29H48O3. The van der Waals surface area contributed by atoms with E-state index in [1.165, 1.54) is 50.5 Å². The molecule has 4 rings (SSSR count). The first kappa shape index (κ1) is 24.5. The van der Waals surface area contributed by atoms with Crippen LogP contribution < -0.4 is 0 Å². The minimum absolute atomic E-state index is 0.106. The fourth-order valence-corrected chi connectivity index (χ4v) is 8.98. The summed E-state index contributed by atoms with van der Waals surface area (Å²) in [7, 11) is 0. The first-order valence-corrected chi connectivity index (χ1v) is 13.5. The second-order valence-corrected chi connectivity index (χ2v) is 12.6. The molecule has 3 saturated carbocycles. The minimum Gasteiger partial charge on any atom is -0.393 e. The molecule has 4 aliphatic rings. The Kier molecular flexibility index (Phi) is 7.30. The standard InChI is InChI=1S/C29H48O3/c1-19(2)21(14-17-32-31)7-6-20(3)25-10-11-26-24-9-8-22-18-23(30)12-15-28(22,4)27(24)13-16-29(25,26)5/h8,14,19-20,23-27,30-31H,6-7,9-13,15-18H2,1-5H3/b21-14+/t20-,23+,24?,25?,26?,27?,28?,29?/m1/s1. The molecule has 8 atom stereocenters. The minimum atomic E-state index is -0.106. The Bertz CT molecular complexity index is 724. The molecule has 0 aromatic heterocycles. The van der Waals surface area contributed by atoms with E-state index in [1.807, 2.05) is 0 Å². The van der Waals surface area contributed by atoms with E-state index in [0.29, 0.717) is 23.4 Å². The summed E-state index contributed by atoms with van der Waals surface area (Å²) in [5, 5.41) is 19.0. The van der Waals surface area contributed by atoms with E-state index < -0.39 is 0 Å². The molecule has 0 aromatic rings. The molecule has 0 heterocycles. The molecule has 182 valence electrons. The monoisotopic (exact) mass is 444 g/mol. The van der Waals surface area contributed by atoms with Crippen molar-refractivity contribution in [2.45, 2.75) is 105 Å². The quantitative estimate of drug-likeness (QED) is 0.244. The molecule has 32 heavy (non-hydrogen) atoms. The highest BCUT2D eigenvalue weighted by Crippen LogP contribution is 2.67. The summed E-state index contributed by atoms with van der Waals surface area (Å²) in [5.41, 5.74) is 3.85. The van der Waals surface area contributed by atoms with Crippen LogP contribution in [-0.4, -0.2) is 23.1 Å². The molecular weight excluding hydrogens is 396 g/mol. The molecule has 0 radical (unpaired) electrons. The Balaban J connectivity index is 1.46. The summed E-state index contributed by atoms with van der Waals surface area (Å²) in [6, 6.07) is 0. The summed E-state index contributed by atoms with van der Waals surface area (Å²) in [5.74, 6) is 4.64. The Morgan fingerprint density at radius 3 is 2.62 bits per heavy atom. The second-order valence-electron chi connectivity index (χ2n) is 12.6. The van der Waals surface area contributed by atoms with Crippen LogP contribution in [0.25, 0.3) is 0 Å². The van der Waals surface area contributed by atoms with Crippen molar-refractivity contribution >= 4 is 0 Å². The van der Waals surface area contributed by atoms with Gasteiger partial charge >= 0.3 is 0 Å². The van der Waals surface area contributed by atoms with E-state index in [9.17, 15) is 5.11 Å². The largest absolute Gasteiger partial charge is 0.393 e. The molecule has 6 unspecified atom stereocenters. The highest BCUT2D eigenvalue weighted by Gasteiger charge is 2.59. The van der Waals surface area contributed by atoms with Crippen LogP contribution in [0.15, 0.2) is 23.3 Å². The highest BCUT2D eigenvalue weighted by atomic mass is 17.1. The van der Waals surface area contributed by atoms with Crippen molar-refractivity contribution in [2.75, 3.05) is 6.61 Å². The van der Waals surface area contributed by atoms with Gasteiger partial charge in [-0.05, 0) is 111 Å². The van der Waals surface area contributed by atoms with Crippen LogP contribution in [0.2, 0.25) is 0 Å². The Morgan fingerprint density at radius 1 is 1.12 bits per heavy atom. The summed E-state index contributed by atoms with van der Waals surface area (Å²) >= 11 is 0. The fraction of sp³-hybridized carbons (Fsp3) is 0.862. The van der Waals surface area contributed by atoms with Gasteiger partial charge in [-0.2, -0.15) is 0 Å². The molecule has 4 aliphatic carbocycles. The van der Waals surface area contributed by atoms with Gasteiger partial charge in [0.25, 0.3) is 0 Å². The van der Waals surface area contributed by atoms with Gasteiger partial charge in [-0.25, -0.2) is 4.89 Å². The number of allylic oxidation sites excluding steroid dienone is 2. The van der Waals surface area contributed by atoms with Crippen LogP contribution in [0.5, 0.6) is 0 Å². The lowest BCUT2D eigenvalue weighted by Gasteiger charge is -2.58. The number of hydrogen-bond acceptors (Lipinski definition) is 3. The summed E-state index contributed by atoms with van der Waals surface area (Å²) in [4.78, 5) is 4.32. The van der Waals surface area contributed by atoms with Crippen molar-refractivity contribution in [3.05, 3.63) is 23.3 Å². The van der Waals surface area contributed by atoms with Gasteiger partial charge in [-0.15, -0.1) is 0 Å². The van der Waals surface area contributed by atoms with Crippen LogP contribution in [-0.2, 0) is 4.89 Å². The highest BCUT2D eigenvalue weighted by molar-refractivity contribution is 5.25. The van der Waals surface area contributed by atoms with Gasteiger partial charge in [-0.3, -0.25) is 5.26 Å². The van der Waals surface area contributed by atoms with Gasteiger partial charge in [0, 0.05) is 0 Å². The van der Waals surface area contributed by atoms with E-state index in [1.54, 1.807) is 5.57 Å². The number of hydrogen-bond donors (Lipinski definition) is 2. The molecule has 0 aliphatic heterocycles. The van der Waals surface area contributed by atoms with Crippen molar-refractivity contribution in [3.8, 4) is 0 Å². The normalized spacial score (nSPS) is 42.8. The van der Waals surface area contributed by atoms with Crippen molar-refractivity contribution < 1.29 is 15.3 Å². The predicted molar refractivity (Wildman–Crippen MR) is 131 cm³/mol. The summed E-state index contributed by atoms with van der Waals surface area (Å²) < 4.78 is 0. The molecule has 0 amide bonds. The summed E-state index contributed by atoms with van der Waals surface area (Å²) in [6.45, 7) is 12.5. The zero-order valence-electron chi connectivity index (χ0n) is 21.3. The van der Waals surface area contributed by atoms with Crippen LogP contribution in [0, 0.1) is 46.3 Å². The molecule has 0 bridgehead atoms. The van der Waals surface area contributed by atoms with Crippen molar-refractivity contribution in [3.63, 3.8) is 0 Å². The molecule has 0 spiro atoms. The third kappa shape index (κ3) is 4.27. The average molecular weight is 445 g/mol. The van der Waals surface area contributed by atoms with E-state index in [-0.39, 0.29) is 6.10 Å². The Morgan fingerprint density at radius 2 is 1.91 bits per heavy atom. The van der Waals surface area contributed by atoms with E-state index >= 15 is 0 Å². The first-order chi connectivity index (χ1) is 15.2. The third-order valence-electron chi connectivity index (χ3n) is 10.9. The second kappa shape index (κ2) is 9.55. The van der Waals surface area contributed by atoms with Gasteiger partial charge in [0.2, 0.25) is 0 Å². The van der Waals surface area contributed by atoms with Crippen LogP contribution in [0.4, 0.5) is 0 Å². The maximum Gasteiger partial charge on any atom is 0.100 e. The molecule has 0 saturated heterocycles. The molecule has 3 fully saturated rings. The average Bonchev–Trinajstić information content (AvgIpc) is 3.11. The number of fused-ring (bicyclic) bond motifs is 5. The Labute approximate surface area is 196 Å². The molecule has 2 N–H and O–H groups in total. The first-order valence-electron chi connectivity index (χ1n) is 13.5. The maximum absolute atomic E-state index is 10.3. The maximum atomic E-state index is 10.3. The molecule has 3 nitrogen and oxygen atoms in total. The van der Waals surface area contributed by atoms with Gasteiger partial charge in [0.05, 0.1) is 6.10 Å². The lowest BCUT2D eigenvalue weighted by molar-refractivity contribution is -0.232. The SMILES string of the molecule is CC(C)/C(=C/COO)CC[C@@H](C)C1CCC2C3CC=C4C[C@@H](O)CCC4(C)C3CCC21C. The number of aliphatic hydroxyl groups is 1. The molecule has 3 heteroatoms. The molecule has 0 aromatic carbocycles. The van der Waals surface area contributed by atoms with E-state index in [0.717, 1.165) is 48.9 Å². The number of rotatable bonds is 7. The topological polar surface area (TPSA) is 49.7 Å². The van der Waals surface area contributed by atoms with E-state index in [2.05, 4.69) is 51.7 Å². The summed E-state index contributed by atoms with van der Waals surface area (Å²) in [6.07, 6.45) is 16.9. The fourth-order valence-electron chi connectivity index (χ4n) is 8.98. The lowest BCUT2D eigenvalue weighted by Crippen LogP contribution is -2.50. The zero-order valence-corrected chi connectivity index (χ0v) is 21.3. The lowest BCUT2D eigenvalue weighted by atomic mass is 9.47. The van der Waals surface area contributed by atoms with Gasteiger partial charge in [-0.1, -0.05) is 57.9 Å². The third-order valence-corrected chi connectivity index (χ3v) is 10.9. The van der Waals surface area contributed by atoms with Crippen molar-refractivity contribution in [1.29, 1.82) is 0 Å². The van der Waals surface area contributed by atoms with Crippen LogP contribution in [0.1, 0.15) is 98.8 Å². The smallest absolute Gasteiger partial charge is 0.100 e. The predicted octanol–water partition coefficient (Wildman–Crippen LogP) is 7.41. The van der Waals surface area contributed by atoms with Gasteiger partial charge in [0.15, 0.2) is 0 Å². The van der Waals surface area contributed by atoms with Crippen molar-refractivity contribution in [2.24, 2.45) is 46.3 Å². The van der Waals surface area contributed by atoms with Gasteiger partial charge < -0.3 is 5.11 Å². The van der Waals surface area contributed by atoms with Crippen LogP contribution in [0.3, 0.4) is 0 Å². The Hall–Kier alpha value is -0.640.